The van der Waals surface area contributed by atoms with Crippen LogP contribution in [0.5, 0.6) is 0 Å². The summed E-state index contributed by atoms with van der Waals surface area (Å²) in [5.74, 6) is -0.234. The van der Waals surface area contributed by atoms with Crippen molar-refractivity contribution in [2.24, 2.45) is 0 Å². The number of hydrogen-bond donors (Lipinski definition) is 0. The van der Waals surface area contributed by atoms with E-state index in [1.54, 1.807) is 0 Å². The van der Waals surface area contributed by atoms with Gasteiger partial charge in [-0.25, -0.2) is 0 Å². The van der Waals surface area contributed by atoms with Gasteiger partial charge in [0.15, 0.2) is 6.10 Å². The number of carbonyl (C=O) groups is 1. The number of alkyl halides is 1. The van der Waals surface area contributed by atoms with Gasteiger partial charge in [-0.3, -0.25) is 4.79 Å². The van der Waals surface area contributed by atoms with Crippen LogP contribution in [0.4, 0.5) is 0 Å². The van der Waals surface area contributed by atoms with Crippen molar-refractivity contribution < 1.29 is 9.53 Å². The van der Waals surface area contributed by atoms with Crippen LogP contribution in [0.2, 0.25) is 0 Å². The molecule has 2 nitrogen and oxygen atoms in total. The van der Waals surface area contributed by atoms with Crippen LogP contribution in [-0.2, 0) is 9.53 Å². The Morgan fingerprint density at radius 2 is 1.50 bits per heavy atom. The maximum absolute atomic E-state index is 11.9. The van der Waals surface area contributed by atoms with Gasteiger partial charge in [0.1, 0.15) is 4.83 Å². The first-order chi connectivity index (χ1) is 8.77. The molecule has 2 aromatic rings. The maximum atomic E-state index is 11.9. The first kappa shape index (κ1) is 11.5. The van der Waals surface area contributed by atoms with Gasteiger partial charge in [0.05, 0.1) is 0 Å². The maximum Gasteiger partial charge on any atom is 0.325 e. The summed E-state index contributed by atoms with van der Waals surface area (Å²) in [5, 5.41) is 0. The fraction of sp³-hybridized carbons (Fsp3) is 0.133. The van der Waals surface area contributed by atoms with Gasteiger partial charge in [-0.2, -0.15) is 0 Å². The molecule has 0 amide bonds. The summed E-state index contributed by atoms with van der Waals surface area (Å²) in [6.07, 6.45) is -0.302. The molecule has 0 radical (unpaired) electrons. The van der Waals surface area contributed by atoms with Crippen LogP contribution in [0.1, 0.15) is 27.6 Å². The van der Waals surface area contributed by atoms with Gasteiger partial charge in [-0.1, -0.05) is 70.5 Å². The number of rotatable bonds is 1. The molecular weight excluding hydrogens is 292 g/mol. The second kappa shape index (κ2) is 4.58. The molecular formula is C15H11BrO2. The molecule has 2 atom stereocenters. The van der Waals surface area contributed by atoms with Gasteiger partial charge in [0.25, 0.3) is 0 Å². The van der Waals surface area contributed by atoms with E-state index in [0.29, 0.717) is 0 Å². The van der Waals surface area contributed by atoms with E-state index >= 15 is 0 Å². The third kappa shape index (κ3) is 1.85. The molecule has 0 bridgehead atoms. The predicted octanol–water partition coefficient (Wildman–Crippen LogP) is 3.77. The zero-order valence-electron chi connectivity index (χ0n) is 9.55. The van der Waals surface area contributed by atoms with Crippen molar-refractivity contribution >= 4 is 21.9 Å². The summed E-state index contributed by atoms with van der Waals surface area (Å²) >= 11 is 3.38. The highest BCUT2D eigenvalue weighted by Crippen LogP contribution is 2.40. The molecule has 2 aromatic carbocycles. The molecule has 1 aliphatic rings. The van der Waals surface area contributed by atoms with E-state index in [1.807, 2.05) is 54.6 Å². The Morgan fingerprint density at radius 1 is 0.889 bits per heavy atom. The van der Waals surface area contributed by atoms with Crippen LogP contribution in [0.15, 0.2) is 54.6 Å². The summed E-state index contributed by atoms with van der Waals surface area (Å²) in [5.41, 5.74) is 3.03. The average molecular weight is 303 g/mol. The van der Waals surface area contributed by atoms with E-state index in [1.165, 1.54) is 0 Å². The SMILES string of the molecule is O=C1O[C@H](c2ccccc2)c2ccccc2[C@H]1Br. The average Bonchev–Trinajstić information content (AvgIpc) is 2.44. The summed E-state index contributed by atoms with van der Waals surface area (Å²) in [6.45, 7) is 0. The number of benzene rings is 2. The Balaban J connectivity index is 2.13. The zero-order valence-corrected chi connectivity index (χ0v) is 11.1. The predicted molar refractivity (Wildman–Crippen MR) is 72.5 cm³/mol. The second-order valence-electron chi connectivity index (χ2n) is 4.22. The third-order valence-corrected chi connectivity index (χ3v) is 3.96. The van der Waals surface area contributed by atoms with Crippen molar-refractivity contribution in [1.29, 1.82) is 0 Å². The summed E-state index contributed by atoms with van der Waals surface area (Å²) in [7, 11) is 0. The fourth-order valence-corrected chi connectivity index (χ4v) is 2.75. The minimum absolute atomic E-state index is 0.234. The lowest BCUT2D eigenvalue weighted by Gasteiger charge is -2.28. The highest BCUT2D eigenvalue weighted by molar-refractivity contribution is 9.09. The van der Waals surface area contributed by atoms with Crippen molar-refractivity contribution in [3.8, 4) is 0 Å². The normalized spacial score (nSPS) is 22.2. The monoisotopic (exact) mass is 302 g/mol. The van der Waals surface area contributed by atoms with Crippen molar-refractivity contribution in [3.63, 3.8) is 0 Å². The molecule has 1 heterocycles. The molecule has 0 spiro atoms. The number of esters is 1. The third-order valence-electron chi connectivity index (χ3n) is 3.09. The Bertz CT molecular complexity index is 580. The lowest BCUT2D eigenvalue weighted by atomic mass is 9.93. The van der Waals surface area contributed by atoms with Crippen LogP contribution in [0, 0.1) is 0 Å². The molecule has 0 aliphatic carbocycles. The molecule has 0 unspecified atom stereocenters. The summed E-state index contributed by atoms with van der Waals surface area (Å²) < 4.78 is 5.53. The Hall–Kier alpha value is -1.61. The zero-order chi connectivity index (χ0) is 12.5. The quantitative estimate of drug-likeness (QED) is 0.592. The molecule has 1 aliphatic heterocycles. The van der Waals surface area contributed by atoms with Gasteiger partial charge in [-0.15, -0.1) is 0 Å². The molecule has 3 rings (SSSR count). The molecule has 0 saturated heterocycles. The molecule has 0 aromatic heterocycles. The number of ether oxygens (including phenoxy) is 1. The largest absolute Gasteiger partial charge is 0.451 e. The standard InChI is InChI=1S/C15H11BrO2/c16-13-11-8-4-5-9-12(11)14(18-15(13)17)10-6-2-1-3-7-10/h1-9,13-14H/t13-,14-/m1/s1. The van der Waals surface area contributed by atoms with Gasteiger partial charge >= 0.3 is 5.97 Å². The van der Waals surface area contributed by atoms with Crippen molar-refractivity contribution in [2.45, 2.75) is 10.9 Å². The fourth-order valence-electron chi connectivity index (χ4n) is 2.22. The smallest absolute Gasteiger partial charge is 0.325 e. The molecule has 18 heavy (non-hydrogen) atoms. The number of fused-ring (bicyclic) bond motifs is 1. The molecule has 3 heteroatoms. The molecule has 0 N–H and O–H groups in total. The van der Waals surface area contributed by atoms with Gasteiger partial charge in [0, 0.05) is 5.56 Å². The lowest BCUT2D eigenvalue weighted by molar-refractivity contribution is -0.148. The van der Waals surface area contributed by atoms with E-state index in [-0.39, 0.29) is 16.9 Å². The minimum atomic E-state index is -0.367. The first-order valence-corrected chi connectivity index (χ1v) is 6.67. The number of carbonyl (C=O) groups excluding carboxylic acids is 1. The highest BCUT2D eigenvalue weighted by Gasteiger charge is 2.33. The van der Waals surface area contributed by atoms with Crippen LogP contribution in [0.3, 0.4) is 0 Å². The Labute approximate surface area is 114 Å². The van der Waals surface area contributed by atoms with E-state index < -0.39 is 0 Å². The number of halogens is 1. The van der Waals surface area contributed by atoms with Crippen LogP contribution < -0.4 is 0 Å². The van der Waals surface area contributed by atoms with Crippen molar-refractivity contribution in [3.05, 3.63) is 71.3 Å². The topological polar surface area (TPSA) is 26.3 Å². The molecule has 90 valence electrons. The van der Waals surface area contributed by atoms with Crippen molar-refractivity contribution in [1.82, 2.24) is 0 Å². The van der Waals surface area contributed by atoms with E-state index in [9.17, 15) is 4.79 Å². The highest BCUT2D eigenvalue weighted by atomic mass is 79.9. The Morgan fingerprint density at radius 3 is 2.22 bits per heavy atom. The van der Waals surface area contributed by atoms with Crippen LogP contribution in [-0.4, -0.2) is 5.97 Å². The van der Waals surface area contributed by atoms with Gasteiger partial charge in [0.2, 0.25) is 0 Å². The van der Waals surface area contributed by atoms with E-state index in [4.69, 9.17) is 4.74 Å². The van der Waals surface area contributed by atoms with Gasteiger partial charge < -0.3 is 4.74 Å². The minimum Gasteiger partial charge on any atom is -0.451 e. The molecule has 0 saturated carbocycles. The van der Waals surface area contributed by atoms with E-state index in [0.717, 1.165) is 16.7 Å². The van der Waals surface area contributed by atoms with Crippen LogP contribution >= 0.6 is 15.9 Å². The molecule has 0 fully saturated rings. The van der Waals surface area contributed by atoms with Gasteiger partial charge in [-0.05, 0) is 11.1 Å². The summed E-state index contributed by atoms with van der Waals surface area (Å²) in [4.78, 5) is 11.5. The van der Waals surface area contributed by atoms with E-state index in [2.05, 4.69) is 15.9 Å². The van der Waals surface area contributed by atoms with Crippen molar-refractivity contribution in [2.75, 3.05) is 0 Å². The van der Waals surface area contributed by atoms with Crippen LogP contribution in [0.25, 0.3) is 0 Å². The lowest BCUT2D eigenvalue weighted by Crippen LogP contribution is -2.24. The second-order valence-corrected chi connectivity index (χ2v) is 5.13. The number of hydrogen-bond acceptors (Lipinski definition) is 2. The Kier molecular flexibility index (Phi) is 2.92. The summed E-state index contributed by atoms with van der Waals surface area (Å²) in [6, 6.07) is 17.7. The first-order valence-electron chi connectivity index (χ1n) is 5.75. The number of cyclic esters (lactones) is 1.